The molecule has 12 nitrogen and oxygen atoms in total. The van der Waals surface area contributed by atoms with E-state index in [2.05, 4.69) is 22.5 Å². The Morgan fingerprint density at radius 3 is 2.64 bits per heavy atom. The first kappa shape index (κ1) is 33.8. The molecule has 2 amide bonds. The molecule has 0 bridgehead atoms. The summed E-state index contributed by atoms with van der Waals surface area (Å²) in [5.74, 6) is -0.0439. The highest BCUT2D eigenvalue weighted by Gasteiger charge is 2.35. The number of halogens is 1. The summed E-state index contributed by atoms with van der Waals surface area (Å²) in [5.41, 5.74) is 2.02. The average Bonchev–Trinajstić information content (AvgIpc) is 3.90. The molecule has 3 saturated heterocycles. The number of amides is 2. The number of hydrogen-bond acceptors (Lipinski definition) is 9. The summed E-state index contributed by atoms with van der Waals surface area (Å²) in [7, 11) is 0. The summed E-state index contributed by atoms with van der Waals surface area (Å²) in [6.07, 6.45) is 3.98. The number of nitrogens with zero attached hydrogens (tertiary/aromatic N) is 4. The molecule has 4 aliphatic rings. The van der Waals surface area contributed by atoms with Gasteiger partial charge in [-0.25, -0.2) is 4.39 Å². The minimum atomic E-state index is -0.563. The Morgan fingerprint density at radius 2 is 1.81 bits per heavy atom. The molecule has 0 saturated carbocycles. The quantitative estimate of drug-likeness (QED) is 0.206. The molecule has 276 valence electrons. The first-order valence-electron chi connectivity index (χ1n) is 18.7. The molecular weight excluding hydrogens is 679 g/mol. The number of ether oxygens (including phenoxy) is 2. The van der Waals surface area contributed by atoms with Gasteiger partial charge in [0, 0.05) is 68.3 Å². The summed E-state index contributed by atoms with van der Waals surface area (Å²) in [5, 5.41) is 8.08. The lowest BCUT2D eigenvalue weighted by atomic mass is 10.0. The second-order valence-electron chi connectivity index (χ2n) is 14.8. The van der Waals surface area contributed by atoms with Crippen LogP contribution in [0.25, 0.3) is 38.5 Å². The maximum atomic E-state index is 16.3. The lowest BCUT2D eigenvalue weighted by Gasteiger charge is -2.29. The Balaban J connectivity index is 0.995. The van der Waals surface area contributed by atoms with E-state index in [1.165, 1.54) is 6.07 Å². The molecule has 4 aliphatic heterocycles. The van der Waals surface area contributed by atoms with E-state index < -0.39 is 17.2 Å². The molecule has 0 unspecified atom stereocenters. The Hall–Kier alpha value is -4.98. The van der Waals surface area contributed by atoms with E-state index >= 15 is 4.39 Å². The number of rotatable bonds is 9. The zero-order valence-corrected chi connectivity index (χ0v) is 29.8. The number of nitrogens with one attached hydrogen (secondary N) is 2. The van der Waals surface area contributed by atoms with Crippen LogP contribution < -0.4 is 25.7 Å². The van der Waals surface area contributed by atoms with Crippen LogP contribution in [0.4, 0.5) is 10.1 Å². The first-order valence-corrected chi connectivity index (χ1v) is 18.7. The van der Waals surface area contributed by atoms with E-state index in [-0.39, 0.29) is 41.7 Å². The predicted octanol–water partition coefficient (Wildman–Crippen LogP) is 4.62. The van der Waals surface area contributed by atoms with E-state index in [0.29, 0.717) is 60.2 Å². The van der Waals surface area contributed by atoms with Crippen molar-refractivity contribution in [3.8, 4) is 17.2 Å². The normalized spacial score (nSPS) is 20.0. The fourth-order valence-electron chi connectivity index (χ4n) is 8.37. The molecule has 2 atom stereocenters. The van der Waals surface area contributed by atoms with Crippen molar-refractivity contribution >= 4 is 50.3 Å². The number of aromatic nitrogens is 1. The first-order chi connectivity index (χ1) is 25.8. The molecule has 3 aromatic carbocycles. The lowest BCUT2D eigenvalue weighted by molar-refractivity contribution is -0.120. The largest absolute Gasteiger partial charge is 0.456 e. The predicted molar refractivity (Wildman–Crippen MR) is 200 cm³/mol. The van der Waals surface area contributed by atoms with E-state index in [1.54, 1.807) is 15.7 Å². The van der Waals surface area contributed by atoms with Gasteiger partial charge in [0.15, 0.2) is 17.3 Å². The van der Waals surface area contributed by atoms with Crippen molar-refractivity contribution in [3.05, 3.63) is 70.3 Å². The average molecular weight is 723 g/mol. The minimum absolute atomic E-state index is 0.0680. The van der Waals surface area contributed by atoms with Crippen molar-refractivity contribution in [2.24, 2.45) is 5.92 Å². The molecule has 0 radical (unpaired) electrons. The van der Waals surface area contributed by atoms with Crippen LogP contribution in [0.15, 0.2) is 57.9 Å². The zero-order chi connectivity index (χ0) is 36.2. The third-order valence-electron chi connectivity index (χ3n) is 11.1. The number of likely N-dealkylation sites (tertiary alicyclic amines) is 1. The second-order valence-corrected chi connectivity index (χ2v) is 14.8. The van der Waals surface area contributed by atoms with Crippen LogP contribution in [-0.2, 0) is 9.53 Å². The molecule has 9 rings (SSSR count). The lowest BCUT2D eigenvalue weighted by Crippen LogP contribution is -2.43. The monoisotopic (exact) mass is 722 g/mol. The van der Waals surface area contributed by atoms with E-state index in [1.807, 2.05) is 41.3 Å². The fraction of sp³-hybridized carbons (Fsp3) is 0.425. The molecule has 3 fully saturated rings. The number of furan rings is 1. The topological polar surface area (TPSA) is 122 Å². The van der Waals surface area contributed by atoms with Crippen molar-refractivity contribution in [1.82, 2.24) is 25.0 Å². The molecular formula is C40H43FN6O6. The van der Waals surface area contributed by atoms with Gasteiger partial charge in [-0.3, -0.25) is 19.3 Å². The molecule has 5 aromatic rings. The van der Waals surface area contributed by atoms with Crippen molar-refractivity contribution in [2.75, 3.05) is 77.0 Å². The summed E-state index contributed by atoms with van der Waals surface area (Å²) >= 11 is 0. The number of anilines is 1. The van der Waals surface area contributed by atoms with Gasteiger partial charge in [-0.05, 0) is 56.5 Å². The highest BCUT2D eigenvalue weighted by atomic mass is 19.1. The summed E-state index contributed by atoms with van der Waals surface area (Å²) in [6.45, 7) is 9.39. The maximum Gasteiger partial charge on any atom is 0.259 e. The van der Waals surface area contributed by atoms with Crippen LogP contribution in [0.2, 0.25) is 0 Å². The van der Waals surface area contributed by atoms with Gasteiger partial charge in [0.1, 0.15) is 27.9 Å². The molecule has 13 heteroatoms. The number of pyridine rings is 1. The van der Waals surface area contributed by atoms with Gasteiger partial charge in [0.2, 0.25) is 11.3 Å². The molecule has 53 heavy (non-hydrogen) atoms. The van der Waals surface area contributed by atoms with Crippen LogP contribution >= 0.6 is 0 Å². The number of morpholine rings is 1. The van der Waals surface area contributed by atoms with Crippen LogP contribution in [0, 0.1) is 11.7 Å². The van der Waals surface area contributed by atoms with Gasteiger partial charge in [0.05, 0.1) is 30.8 Å². The Bertz CT molecular complexity index is 2310. The molecule has 0 aliphatic carbocycles. The minimum Gasteiger partial charge on any atom is -0.456 e. The van der Waals surface area contributed by atoms with Crippen LogP contribution in [0.3, 0.4) is 0 Å². The third kappa shape index (κ3) is 6.20. The fourth-order valence-corrected chi connectivity index (χ4v) is 8.37. The maximum absolute atomic E-state index is 16.3. The van der Waals surface area contributed by atoms with Gasteiger partial charge >= 0.3 is 0 Å². The van der Waals surface area contributed by atoms with Gasteiger partial charge in [-0.1, -0.05) is 25.1 Å². The number of fused-ring (bicyclic) bond motifs is 5. The summed E-state index contributed by atoms with van der Waals surface area (Å²) < 4.78 is 36.2. The second kappa shape index (κ2) is 13.8. The van der Waals surface area contributed by atoms with Gasteiger partial charge in [-0.2, -0.15) is 0 Å². The SMILES string of the molecule is C[C@@H]1CCN(c2c(F)cc3c(=O)c(C(=O)N4CC[C@@H](NC(=O)CNCCCN5CCOCC5)C4)cn4c3c2Oc2cc3c(cc2-4)oc2ccccc23)C1. The van der Waals surface area contributed by atoms with Crippen molar-refractivity contribution < 1.29 is 27.9 Å². The molecule has 0 spiro atoms. The number of carbonyl (C=O) groups excluding carboxylic acids is 2. The summed E-state index contributed by atoms with van der Waals surface area (Å²) in [4.78, 5) is 47.0. The Kier molecular flexibility index (Phi) is 8.79. The van der Waals surface area contributed by atoms with Crippen LogP contribution in [0.1, 0.15) is 36.5 Å². The number of para-hydroxylation sites is 1. The van der Waals surface area contributed by atoms with Crippen LogP contribution in [-0.4, -0.2) is 104 Å². The standard InChI is InChI=1S/C40H43FN6O6/c1-24-7-11-45(21-24)37-30(41)17-28-36-39(37)53-34-18-27-26-5-2-3-6-32(26)52-33(27)19-31(34)47(36)23-29(38(28)49)40(50)46-12-8-25(22-46)43-35(48)20-42-9-4-10-44-13-15-51-16-14-44/h2-3,5-6,17-19,23-25,42H,4,7-16,20-22H2,1H3,(H,43,48)/t24-,25-/m1/s1. The van der Waals surface area contributed by atoms with Crippen molar-refractivity contribution in [3.63, 3.8) is 0 Å². The number of hydrogen-bond donors (Lipinski definition) is 2. The van der Waals surface area contributed by atoms with Gasteiger partial charge in [-0.15, -0.1) is 0 Å². The number of benzene rings is 3. The third-order valence-corrected chi connectivity index (χ3v) is 11.1. The molecule has 6 heterocycles. The highest BCUT2D eigenvalue weighted by molar-refractivity contribution is 6.07. The van der Waals surface area contributed by atoms with Crippen molar-refractivity contribution in [2.45, 2.75) is 32.2 Å². The van der Waals surface area contributed by atoms with Gasteiger partial charge < -0.3 is 38.9 Å². The number of carbonyl (C=O) groups is 2. The molecule has 2 aromatic heterocycles. The van der Waals surface area contributed by atoms with Crippen LogP contribution in [0.5, 0.6) is 11.5 Å². The Morgan fingerprint density at radius 1 is 0.962 bits per heavy atom. The summed E-state index contributed by atoms with van der Waals surface area (Å²) in [6, 6.07) is 12.5. The van der Waals surface area contributed by atoms with Crippen molar-refractivity contribution in [1.29, 1.82) is 0 Å². The smallest absolute Gasteiger partial charge is 0.259 e. The van der Waals surface area contributed by atoms with E-state index in [9.17, 15) is 14.4 Å². The highest BCUT2D eigenvalue weighted by Crippen LogP contribution is 2.49. The van der Waals surface area contributed by atoms with Gasteiger partial charge in [0.25, 0.3) is 5.91 Å². The van der Waals surface area contributed by atoms with E-state index in [4.69, 9.17) is 13.9 Å². The van der Waals surface area contributed by atoms with E-state index in [0.717, 1.165) is 68.6 Å². The molecule has 2 N–H and O–H groups in total. The zero-order valence-electron chi connectivity index (χ0n) is 29.8. The Labute approximate surface area is 305 Å².